The molecule has 206 valence electrons. The van der Waals surface area contributed by atoms with Crippen LogP contribution < -0.4 is 10.6 Å². The molecule has 0 saturated carbocycles. The minimum Gasteiger partial charge on any atom is -0.339 e. The number of rotatable bonds is 7. The number of nitrogens with zero attached hydrogens (tertiary/aromatic N) is 3. The van der Waals surface area contributed by atoms with Crippen molar-refractivity contribution in [1.82, 2.24) is 14.9 Å². The average Bonchev–Trinajstić information content (AvgIpc) is 2.93. The highest BCUT2D eigenvalue weighted by Crippen LogP contribution is 2.30. The molecule has 0 unspecified atom stereocenters. The first-order chi connectivity index (χ1) is 19.0. The molecule has 40 heavy (non-hydrogen) atoms. The average molecular weight is 536 g/mol. The van der Waals surface area contributed by atoms with Crippen molar-refractivity contribution < 1.29 is 9.59 Å². The fourth-order valence-corrected chi connectivity index (χ4v) is 4.41. The van der Waals surface area contributed by atoms with Gasteiger partial charge in [-0.15, -0.1) is 0 Å². The van der Waals surface area contributed by atoms with Crippen molar-refractivity contribution in [3.8, 4) is 11.3 Å². The van der Waals surface area contributed by atoms with E-state index in [1.165, 1.54) is 0 Å². The minimum absolute atomic E-state index is 0.0239. The van der Waals surface area contributed by atoms with Crippen LogP contribution in [-0.2, 0) is 5.41 Å². The number of nitrogens with one attached hydrogen (secondary N) is 2. The molecule has 0 fully saturated rings. The van der Waals surface area contributed by atoms with Crippen molar-refractivity contribution in [2.24, 2.45) is 0 Å². The Bertz CT molecular complexity index is 1520. The Hall–Kier alpha value is -4.52. The molecule has 1 heterocycles. The maximum atomic E-state index is 13.3. The number of aromatic nitrogens is 2. The molecule has 4 rings (SSSR count). The minimum atomic E-state index is -0.157. The van der Waals surface area contributed by atoms with Crippen molar-refractivity contribution in [2.75, 3.05) is 17.7 Å². The van der Waals surface area contributed by atoms with Gasteiger partial charge in [-0.25, -0.2) is 9.97 Å². The topological polar surface area (TPSA) is 87.2 Å². The van der Waals surface area contributed by atoms with E-state index in [4.69, 9.17) is 4.98 Å². The summed E-state index contributed by atoms with van der Waals surface area (Å²) >= 11 is 0. The van der Waals surface area contributed by atoms with E-state index in [9.17, 15) is 9.59 Å². The number of amides is 2. The van der Waals surface area contributed by atoms with Crippen molar-refractivity contribution >= 4 is 29.1 Å². The smallest absolute Gasteiger partial charge is 0.255 e. The first-order valence-corrected chi connectivity index (χ1v) is 13.4. The summed E-state index contributed by atoms with van der Waals surface area (Å²) in [6.07, 6.45) is 1.70. The van der Waals surface area contributed by atoms with Gasteiger partial charge in [-0.05, 0) is 79.8 Å². The molecular weight excluding hydrogens is 498 g/mol. The van der Waals surface area contributed by atoms with Crippen LogP contribution in [0, 0.1) is 6.92 Å². The molecule has 1 aromatic heterocycles. The monoisotopic (exact) mass is 535 g/mol. The first-order valence-electron chi connectivity index (χ1n) is 13.4. The van der Waals surface area contributed by atoms with Crippen LogP contribution >= 0.6 is 0 Å². The summed E-state index contributed by atoms with van der Waals surface area (Å²) in [4.78, 5) is 36.7. The molecule has 0 bridgehead atoms. The second-order valence-corrected chi connectivity index (χ2v) is 11.2. The van der Waals surface area contributed by atoms with Gasteiger partial charge in [-0.3, -0.25) is 9.59 Å². The number of hydrogen-bond donors (Lipinski definition) is 2. The van der Waals surface area contributed by atoms with E-state index in [1.54, 1.807) is 30.3 Å². The molecule has 4 aromatic rings. The van der Waals surface area contributed by atoms with E-state index in [1.807, 2.05) is 81.4 Å². The quantitative estimate of drug-likeness (QED) is 0.261. The molecule has 2 N–H and O–H groups in total. The largest absolute Gasteiger partial charge is 0.339 e. The normalized spacial score (nSPS) is 11.3. The Morgan fingerprint density at radius 1 is 0.900 bits per heavy atom. The number of anilines is 3. The third-order valence-electron chi connectivity index (χ3n) is 6.98. The number of carbonyl (C=O) groups excluding carboxylic acids is 2. The van der Waals surface area contributed by atoms with Gasteiger partial charge in [0.2, 0.25) is 5.95 Å². The van der Waals surface area contributed by atoms with Gasteiger partial charge in [0.05, 0.1) is 5.69 Å². The molecular formula is C33H37N5O2. The fraction of sp³-hybridized carbons (Fsp3) is 0.273. The maximum Gasteiger partial charge on any atom is 0.255 e. The van der Waals surface area contributed by atoms with Crippen molar-refractivity contribution in [3.05, 3.63) is 101 Å². The van der Waals surface area contributed by atoms with Crippen LogP contribution in [-0.4, -0.2) is 39.8 Å². The summed E-state index contributed by atoms with van der Waals surface area (Å²) < 4.78 is 0. The lowest BCUT2D eigenvalue weighted by molar-refractivity contribution is 0.0754. The first kappa shape index (κ1) is 28.5. The van der Waals surface area contributed by atoms with Crippen molar-refractivity contribution in [2.45, 2.75) is 53.0 Å². The van der Waals surface area contributed by atoms with Crippen LogP contribution in [0.3, 0.4) is 0 Å². The van der Waals surface area contributed by atoms with Gasteiger partial charge in [-0.2, -0.15) is 0 Å². The van der Waals surface area contributed by atoms with Gasteiger partial charge in [0.25, 0.3) is 11.8 Å². The SMILES string of the molecule is Cc1c(NC(=O)c2ccccc2C(C)(C)C)cccc1-c1ccnc(Nc2ccc(C(=O)N(C)C(C)C)cc2)n1. The molecule has 7 nitrogen and oxygen atoms in total. The predicted molar refractivity (Wildman–Crippen MR) is 162 cm³/mol. The summed E-state index contributed by atoms with van der Waals surface area (Å²) in [5.74, 6) is 0.269. The Morgan fingerprint density at radius 2 is 1.60 bits per heavy atom. The van der Waals surface area contributed by atoms with Crippen LogP contribution in [0.5, 0.6) is 0 Å². The van der Waals surface area contributed by atoms with Crippen LogP contribution in [0.2, 0.25) is 0 Å². The summed E-state index contributed by atoms with van der Waals surface area (Å²) in [6, 6.07) is 22.7. The van der Waals surface area contributed by atoms with E-state index in [0.29, 0.717) is 17.1 Å². The zero-order valence-electron chi connectivity index (χ0n) is 24.2. The van der Waals surface area contributed by atoms with Crippen LogP contribution in [0.15, 0.2) is 79.0 Å². The lowest BCUT2D eigenvalue weighted by Crippen LogP contribution is -2.32. The zero-order chi connectivity index (χ0) is 29.0. The number of hydrogen-bond acceptors (Lipinski definition) is 5. The third-order valence-corrected chi connectivity index (χ3v) is 6.98. The molecule has 7 heteroatoms. The van der Waals surface area contributed by atoms with E-state index in [2.05, 4.69) is 36.4 Å². The molecule has 0 spiro atoms. The molecule has 0 saturated heterocycles. The lowest BCUT2D eigenvalue weighted by Gasteiger charge is -2.22. The fourth-order valence-electron chi connectivity index (χ4n) is 4.41. The van der Waals surface area contributed by atoms with Crippen molar-refractivity contribution in [1.29, 1.82) is 0 Å². The molecule has 0 aliphatic carbocycles. The molecule has 0 aliphatic heterocycles. The Balaban J connectivity index is 1.54. The highest BCUT2D eigenvalue weighted by molar-refractivity contribution is 6.06. The lowest BCUT2D eigenvalue weighted by atomic mass is 9.83. The van der Waals surface area contributed by atoms with Crippen LogP contribution in [0.4, 0.5) is 17.3 Å². The summed E-state index contributed by atoms with van der Waals surface area (Å²) in [5.41, 5.74) is 6.16. The number of carbonyl (C=O) groups is 2. The molecule has 0 radical (unpaired) electrons. The van der Waals surface area contributed by atoms with Gasteiger partial charge in [0.1, 0.15) is 0 Å². The highest BCUT2D eigenvalue weighted by atomic mass is 16.2. The molecule has 0 atom stereocenters. The van der Waals surface area contributed by atoms with E-state index in [0.717, 1.165) is 33.8 Å². The Kier molecular flexibility index (Phi) is 8.33. The van der Waals surface area contributed by atoms with Gasteiger partial charge >= 0.3 is 0 Å². The van der Waals surface area contributed by atoms with Gasteiger partial charge in [0, 0.05) is 47.4 Å². The highest BCUT2D eigenvalue weighted by Gasteiger charge is 2.22. The maximum absolute atomic E-state index is 13.3. The Labute approximate surface area is 236 Å². The summed E-state index contributed by atoms with van der Waals surface area (Å²) in [6.45, 7) is 12.2. The van der Waals surface area contributed by atoms with Gasteiger partial charge < -0.3 is 15.5 Å². The second kappa shape index (κ2) is 11.7. The van der Waals surface area contributed by atoms with Crippen LogP contribution in [0.25, 0.3) is 11.3 Å². The van der Waals surface area contributed by atoms with E-state index < -0.39 is 0 Å². The van der Waals surface area contributed by atoms with E-state index in [-0.39, 0.29) is 23.3 Å². The van der Waals surface area contributed by atoms with Gasteiger partial charge in [-0.1, -0.05) is 51.1 Å². The molecule has 2 amide bonds. The molecule has 0 aliphatic rings. The zero-order valence-corrected chi connectivity index (χ0v) is 24.2. The van der Waals surface area contributed by atoms with Crippen LogP contribution in [0.1, 0.15) is 66.5 Å². The summed E-state index contributed by atoms with van der Waals surface area (Å²) in [5, 5.41) is 6.33. The summed E-state index contributed by atoms with van der Waals surface area (Å²) in [7, 11) is 1.80. The standard InChI is InChI=1S/C33H37N5O2/c1-21(2)38(7)31(40)23-15-17-24(18-16-23)35-32-34-20-19-29(37-32)25-12-10-14-28(22(25)3)36-30(39)26-11-8-9-13-27(26)33(4,5)6/h8-21H,1-7H3,(H,36,39)(H,34,35,37). The number of benzene rings is 3. The van der Waals surface area contributed by atoms with E-state index >= 15 is 0 Å². The van der Waals surface area contributed by atoms with Crippen molar-refractivity contribution in [3.63, 3.8) is 0 Å². The second-order valence-electron chi connectivity index (χ2n) is 11.2. The predicted octanol–water partition coefficient (Wildman–Crippen LogP) is 7.23. The van der Waals surface area contributed by atoms with Gasteiger partial charge in [0.15, 0.2) is 0 Å². The third kappa shape index (κ3) is 6.37. The Morgan fingerprint density at radius 3 is 2.27 bits per heavy atom. The molecule has 3 aromatic carbocycles.